The van der Waals surface area contributed by atoms with Crippen LogP contribution in [0.15, 0.2) is 45.5 Å². The van der Waals surface area contributed by atoms with Crippen LogP contribution in [0, 0.1) is 0 Å². The standard InChI is InChI=1S/C15H16BrNO3/c16-14-7-6-13(20-14)9-10-17-15(19)8-3-11-1-4-12(18)5-2-11/h1-2,4-7,18H,3,8-10H2,(H,17,19). The molecule has 1 aromatic carbocycles. The van der Waals surface area contributed by atoms with Crippen LogP contribution in [0.25, 0.3) is 0 Å². The van der Waals surface area contributed by atoms with Crippen molar-refractivity contribution in [1.29, 1.82) is 0 Å². The number of nitrogens with one attached hydrogen (secondary N) is 1. The van der Waals surface area contributed by atoms with Gasteiger partial charge in [-0.25, -0.2) is 0 Å². The van der Waals surface area contributed by atoms with E-state index in [0.717, 1.165) is 11.3 Å². The second kappa shape index (κ2) is 7.14. The van der Waals surface area contributed by atoms with E-state index in [2.05, 4.69) is 21.2 Å². The average Bonchev–Trinajstić information content (AvgIpc) is 2.84. The Balaban J connectivity index is 1.66. The fraction of sp³-hybridized carbons (Fsp3) is 0.267. The first-order valence-corrected chi connectivity index (χ1v) is 7.21. The first-order valence-electron chi connectivity index (χ1n) is 6.42. The zero-order valence-electron chi connectivity index (χ0n) is 10.9. The Labute approximate surface area is 125 Å². The molecule has 0 aliphatic rings. The highest BCUT2D eigenvalue weighted by molar-refractivity contribution is 9.10. The van der Waals surface area contributed by atoms with E-state index in [4.69, 9.17) is 9.52 Å². The molecule has 20 heavy (non-hydrogen) atoms. The molecule has 106 valence electrons. The quantitative estimate of drug-likeness (QED) is 0.851. The van der Waals surface area contributed by atoms with Gasteiger partial charge in [0.05, 0.1) is 0 Å². The molecule has 4 nitrogen and oxygen atoms in total. The molecule has 1 heterocycles. The molecule has 0 bridgehead atoms. The van der Waals surface area contributed by atoms with Gasteiger partial charge >= 0.3 is 0 Å². The van der Waals surface area contributed by atoms with E-state index in [0.29, 0.717) is 30.5 Å². The van der Waals surface area contributed by atoms with Crippen LogP contribution in [-0.2, 0) is 17.6 Å². The minimum absolute atomic E-state index is 0.0173. The Bertz CT molecular complexity index is 563. The molecule has 0 aliphatic carbocycles. The fourth-order valence-electron chi connectivity index (χ4n) is 1.82. The third-order valence-electron chi connectivity index (χ3n) is 2.90. The summed E-state index contributed by atoms with van der Waals surface area (Å²) in [5, 5.41) is 12.0. The highest BCUT2D eigenvalue weighted by Gasteiger charge is 2.04. The Morgan fingerprint density at radius 1 is 1.15 bits per heavy atom. The van der Waals surface area contributed by atoms with Crippen LogP contribution in [0.1, 0.15) is 17.7 Å². The Morgan fingerprint density at radius 3 is 2.55 bits per heavy atom. The number of hydrogen-bond donors (Lipinski definition) is 2. The van der Waals surface area contributed by atoms with Gasteiger partial charge in [0.15, 0.2) is 4.67 Å². The van der Waals surface area contributed by atoms with Gasteiger partial charge in [-0.05, 0) is 52.2 Å². The summed E-state index contributed by atoms with van der Waals surface area (Å²) in [7, 11) is 0. The molecule has 0 saturated heterocycles. The molecule has 1 amide bonds. The van der Waals surface area contributed by atoms with E-state index in [1.54, 1.807) is 12.1 Å². The van der Waals surface area contributed by atoms with E-state index in [9.17, 15) is 4.79 Å². The van der Waals surface area contributed by atoms with Crippen LogP contribution in [0.4, 0.5) is 0 Å². The molecule has 2 rings (SSSR count). The van der Waals surface area contributed by atoms with Crippen LogP contribution in [0.5, 0.6) is 5.75 Å². The lowest BCUT2D eigenvalue weighted by molar-refractivity contribution is -0.121. The van der Waals surface area contributed by atoms with E-state index >= 15 is 0 Å². The van der Waals surface area contributed by atoms with Crippen LogP contribution in [0.3, 0.4) is 0 Å². The first kappa shape index (κ1) is 14.7. The maximum atomic E-state index is 11.7. The molecule has 0 radical (unpaired) electrons. The summed E-state index contributed by atoms with van der Waals surface area (Å²) in [5.74, 6) is 1.10. The summed E-state index contributed by atoms with van der Waals surface area (Å²) in [5.41, 5.74) is 1.04. The molecule has 0 atom stereocenters. The third kappa shape index (κ3) is 4.74. The molecule has 2 aromatic rings. The van der Waals surface area contributed by atoms with Crippen molar-refractivity contribution in [2.45, 2.75) is 19.3 Å². The summed E-state index contributed by atoms with van der Waals surface area (Å²) in [6, 6.07) is 10.6. The van der Waals surface area contributed by atoms with Crippen LogP contribution in [0.2, 0.25) is 0 Å². The monoisotopic (exact) mass is 337 g/mol. The zero-order chi connectivity index (χ0) is 14.4. The number of aromatic hydroxyl groups is 1. The van der Waals surface area contributed by atoms with E-state index in [1.165, 1.54) is 0 Å². The first-order chi connectivity index (χ1) is 9.63. The average molecular weight is 338 g/mol. The predicted molar refractivity (Wildman–Crippen MR) is 79.5 cm³/mol. The second-order valence-corrected chi connectivity index (χ2v) is 5.25. The summed E-state index contributed by atoms with van der Waals surface area (Å²) in [6.45, 7) is 0.564. The van der Waals surface area contributed by atoms with Gasteiger partial charge in [0, 0.05) is 19.4 Å². The third-order valence-corrected chi connectivity index (χ3v) is 3.33. The minimum Gasteiger partial charge on any atom is -0.508 e. The van der Waals surface area contributed by atoms with Crippen molar-refractivity contribution >= 4 is 21.8 Å². The normalized spacial score (nSPS) is 10.4. The molecule has 0 saturated carbocycles. The van der Waals surface area contributed by atoms with Gasteiger partial charge in [-0.15, -0.1) is 0 Å². The Kier molecular flexibility index (Phi) is 5.24. The highest BCUT2D eigenvalue weighted by Crippen LogP contribution is 2.14. The summed E-state index contributed by atoms with van der Waals surface area (Å²) in [6.07, 6.45) is 1.78. The molecule has 1 aromatic heterocycles. The minimum atomic E-state index is 0.0173. The highest BCUT2D eigenvalue weighted by atomic mass is 79.9. The molecule has 5 heteroatoms. The van der Waals surface area contributed by atoms with Crippen molar-refractivity contribution < 1.29 is 14.3 Å². The number of aryl methyl sites for hydroxylation is 1. The number of phenols is 1. The smallest absolute Gasteiger partial charge is 0.220 e. The van der Waals surface area contributed by atoms with Gasteiger partial charge in [0.2, 0.25) is 5.91 Å². The summed E-state index contributed by atoms with van der Waals surface area (Å²) in [4.78, 5) is 11.7. The van der Waals surface area contributed by atoms with Gasteiger partial charge in [0.25, 0.3) is 0 Å². The number of benzene rings is 1. The largest absolute Gasteiger partial charge is 0.508 e. The summed E-state index contributed by atoms with van der Waals surface area (Å²) < 4.78 is 6.05. The predicted octanol–water partition coefficient (Wildman–Crippen LogP) is 3.04. The van der Waals surface area contributed by atoms with Gasteiger partial charge in [-0.3, -0.25) is 4.79 Å². The lowest BCUT2D eigenvalue weighted by atomic mass is 10.1. The lowest BCUT2D eigenvalue weighted by Crippen LogP contribution is -2.25. The fourth-order valence-corrected chi connectivity index (χ4v) is 2.16. The van der Waals surface area contributed by atoms with Gasteiger partial charge in [-0.2, -0.15) is 0 Å². The number of carbonyl (C=O) groups excluding carboxylic acids is 1. The molecule has 0 fully saturated rings. The molecular weight excluding hydrogens is 322 g/mol. The topological polar surface area (TPSA) is 62.5 Å². The number of hydrogen-bond acceptors (Lipinski definition) is 3. The number of halogens is 1. The van der Waals surface area contributed by atoms with E-state index in [-0.39, 0.29) is 11.7 Å². The molecular formula is C15H16BrNO3. The number of rotatable bonds is 6. The Morgan fingerprint density at radius 2 is 1.90 bits per heavy atom. The van der Waals surface area contributed by atoms with E-state index < -0.39 is 0 Å². The van der Waals surface area contributed by atoms with Crippen molar-refractivity contribution in [2.75, 3.05) is 6.54 Å². The number of furan rings is 1. The number of amides is 1. The zero-order valence-corrected chi connectivity index (χ0v) is 12.5. The molecule has 2 N–H and O–H groups in total. The maximum absolute atomic E-state index is 11.7. The van der Waals surface area contributed by atoms with Crippen molar-refractivity contribution in [1.82, 2.24) is 5.32 Å². The van der Waals surface area contributed by atoms with Gasteiger partial charge < -0.3 is 14.8 Å². The maximum Gasteiger partial charge on any atom is 0.220 e. The number of phenolic OH excluding ortho intramolecular Hbond substituents is 1. The molecule has 0 spiro atoms. The van der Waals surface area contributed by atoms with E-state index in [1.807, 2.05) is 24.3 Å². The van der Waals surface area contributed by atoms with Crippen molar-refractivity contribution in [2.24, 2.45) is 0 Å². The molecule has 0 aliphatic heterocycles. The van der Waals surface area contributed by atoms with Crippen LogP contribution in [-0.4, -0.2) is 17.6 Å². The summed E-state index contributed by atoms with van der Waals surface area (Å²) >= 11 is 3.24. The number of carbonyl (C=O) groups is 1. The second-order valence-electron chi connectivity index (χ2n) is 4.47. The van der Waals surface area contributed by atoms with Crippen LogP contribution >= 0.6 is 15.9 Å². The van der Waals surface area contributed by atoms with Gasteiger partial charge in [-0.1, -0.05) is 12.1 Å². The van der Waals surface area contributed by atoms with Crippen molar-refractivity contribution in [3.05, 3.63) is 52.4 Å². The Hall–Kier alpha value is -1.75. The van der Waals surface area contributed by atoms with Crippen LogP contribution < -0.4 is 5.32 Å². The van der Waals surface area contributed by atoms with Gasteiger partial charge in [0.1, 0.15) is 11.5 Å². The lowest BCUT2D eigenvalue weighted by Gasteiger charge is -2.04. The van der Waals surface area contributed by atoms with Crippen molar-refractivity contribution in [3.63, 3.8) is 0 Å². The molecule has 0 unspecified atom stereocenters. The SMILES string of the molecule is O=C(CCc1ccc(O)cc1)NCCc1ccc(Br)o1. The van der Waals surface area contributed by atoms with Crippen molar-refractivity contribution in [3.8, 4) is 5.75 Å².